The number of sulfonamides is 1. The summed E-state index contributed by atoms with van der Waals surface area (Å²) in [7, 11) is -3.39. The van der Waals surface area contributed by atoms with Crippen LogP contribution in [0.2, 0.25) is 0 Å². The molecule has 0 bridgehead atoms. The largest absolute Gasteiger partial charge is 0.311 e. The average Bonchev–Trinajstić information content (AvgIpc) is 2.85. The number of nitrogens with zero attached hydrogens (tertiary/aromatic N) is 1. The van der Waals surface area contributed by atoms with Gasteiger partial charge in [-0.05, 0) is 40.2 Å². The van der Waals surface area contributed by atoms with Gasteiger partial charge in [-0.3, -0.25) is 0 Å². The number of hydrogen-bond acceptors (Lipinski definition) is 4. The van der Waals surface area contributed by atoms with Crippen LogP contribution in [0.4, 0.5) is 0 Å². The second-order valence-corrected chi connectivity index (χ2v) is 8.56. The van der Waals surface area contributed by atoms with Gasteiger partial charge in [0.25, 0.3) is 10.0 Å². The highest BCUT2D eigenvalue weighted by Crippen LogP contribution is 2.32. The molecule has 108 valence electrons. The molecule has 1 saturated heterocycles. The van der Waals surface area contributed by atoms with E-state index < -0.39 is 10.0 Å². The minimum absolute atomic E-state index is 0.0433. The van der Waals surface area contributed by atoms with Crippen LogP contribution in [0.15, 0.2) is 20.1 Å². The van der Waals surface area contributed by atoms with Crippen LogP contribution in [0.25, 0.3) is 0 Å². The molecule has 1 aromatic heterocycles. The lowest BCUT2D eigenvalue weighted by Crippen LogP contribution is -2.57. The van der Waals surface area contributed by atoms with Crippen molar-refractivity contribution in [3.05, 3.63) is 15.9 Å². The Bertz CT molecular complexity index is 530. The van der Waals surface area contributed by atoms with Crippen molar-refractivity contribution in [2.45, 2.75) is 43.0 Å². The second kappa shape index (κ2) is 6.22. The normalized spacial score (nSPS) is 25.6. The molecule has 4 nitrogen and oxygen atoms in total. The third-order valence-electron chi connectivity index (χ3n) is 3.54. The summed E-state index contributed by atoms with van der Waals surface area (Å²) in [5.41, 5.74) is 0. The molecule has 0 amide bonds. The summed E-state index contributed by atoms with van der Waals surface area (Å²) in [4.78, 5) is 0. The zero-order valence-electron chi connectivity index (χ0n) is 11.1. The quantitative estimate of drug-likeness (QED) is 0.890. The Balaban J connectivity index is 2.33. The lowest BCUT2D eigenvalue weighted by molar-refractivity contribution is 0.216. The zero-order valence-corrected chi connectivity index (χ0v) is 14.3. The highest BCUT2D eigenvalue weighted by molar-refractivity contribution is 9.10. The van der Waals surface area contributed by atoms with Crippen LogP contribution >= 0.6 is 27.3 Å². The Morgan fingerprint density at radius 2 is 2.21 bits per heavy atom. The van der Waals surface area contributed by atoms with E-state index in [2.05, 4.69) is 28.2 Å². The van der Waals surface area contributed by atoms with Crippen LogP contribution in [0.5, 0.6) is 0 Å². The van der Waals surface area contributed by atoms with Gasteiger partial charge in [-0.15, -0.1) is 11.3 Å². The Labute approximate surface area is 127 Å². The first-order valence-electron chi connectivity index (χ1n) is 6.48. The maximum atomic E-state index is 12.8. The lowest BCUT2D eigenvalue weighted by atomic mass is 10.1. The lowest BCUT2D eigenvalue weighted by Gasteiger charge is -2.38. The van der Waals surface area contributed by atoms with Crippen molar-refractivity contribution in [3.63, 3.8) is 0 Å². The molecule has 0 radical (unpaired) electrons. The van der Waals surface area contributed by atoms with Gasteiger partial charge in [0.1, 0.15) is 4.21 Å². The summed E-state index contributed by atoms with van der Waals surface area (Å²) in [6.07, 6.45) is 1.76. The van der Waals surface area contributed by atoms with Gasteiger partial charge in [0.05, 0.1) is 0 Å². The van der Waals surface area contributed by atoms with Gasteiger partial charge in [0.15, 0.2) is 0 Å². The van der Waals surface area contributed by atoms with Gasteiger partial charge < -0.3 is 5.32 Å². The van der Waals surface area contributed by atoms with Crippen molar-refractivity contribution in [2.75, 3.05) is 13.1 Å². The molecule has 7 heteroatoms. The SMILES string of the molecule is CCC1CN(S(=O)(=O)c2sccc2Br)C(CC)CN1. The predicted octanol–water partition coefficient (Wildman–Crippen LogP) is 2.66. The van der Waals surface area contributed by atoms with Gasteiger partial charge in [0, 0.05) is 29.6 Å². The fourth-order valence-corrected chi connectivity index (χ4v) is 6.49. The predicted molar refractivity (Wildman–Crippen MR) is 82.1 cm³/mol. The Kier molecular flexibility index (Phi) is 5.05. The molecule has 1 aliphatic heterocycles. The minimum Gasteiger partial charge on any atom is -0.311 e. The van der Waals surface area contributed by atoms with E-state index in [1.165, 1.54) is 11.3 Å². The molecule has 0 spiro atoms. The van der Waals surface area contributed by atoms with E-state index in [1.807, 2.05) is 6.92 Å². The van der Waals surface area contributed by atoms with Gasteiger partial charge in [0.2, 0.25) is 0 Å². The number of thiophene rings is 1. The maximum Gasteiger partial charge on any atom is 0.254 e. The van der Waals surface area contributed by atoms with Crippen molar-refractivity contribution < 1.29 is 8.42 Å². The molecule has 0 aliphatic carbocycles. The molecule has 2 rings (SSSR count). The highest BCUT2D eigenvalue weighted by Gasteiger charge is 2.37. The van der Waals surface area contributed by atoms with Crippen LogP contribution in [0.1, 0.15) is 26.7 Å². The number of nitrogens with one attached hydrogen (secondary N) is 1. The topological polar surface area (TPSA) is 49.4 Å². The third kappa shape index (κ3) is 3.05. The smallest absolute Gasteiger partial charge is 0.254 e. The molecule has 1 N–H and O–H groups in total. The molecule has 0 saturated carbocycles. The van der Waals surface area contributed by atoms with E-state index in [4.69, 9.17) is 0 Å². The third-order valence-corrected chi connectivity index (χ3v) is 8.11. The average molecular weight is 367 g/mol. The first kappa shape index (κ1) is 15.4. The van der Waals surface area contributed by atoms with Crippen molar-refractivity contribution in [3.8, 4) is 0 Å². The summed E-state index contributed by atoms with van der Waals surface area (Å²) in [6, 6.07) is 2.08. The molecule has 1 fully saturated rings. The summed E-state index contributed by atoms with van der Waals surface area (Å²) >= 11 is 4.61. The molecule has 2 unspecified atom stereocenters. The summed E-state index contributed by atoms with van der Waals surface area (Å²) in [5.74, 6) is 0. The van der Waals surface area contributed by atoms with Crippen molar-refractivity contribution in [1.29, 1.82) is 0 Å². The fourth-order valence-electron chi connectivity index (χ4n) is 2.32. The van der Waals surface area contributed by atoms with E-state index in [-0.39, 0.29) is 12.1 Å². The van der Waals surface area contributed by atoms with Crippen molar-refractivity contribution in [2.24, 2.45) is 0 Å². The Hall–Kier alpha value is 0.0500. The molecular weight excluding hydrogens is 348 g/mol. The summed E-state index contributed by atoms with van der Waals surface area (Å²) in [6.45, 7) is 5.40. The first-order valence-corrected chi connectivity index (χ1v) is 9.60. The molecule has 19 heavy (non-hydrogen) atoms. The molecule has 1 aliphatic rings. The van der Waals surface area contributed by atoms with Gasteiger partial charge in [-0.1, -0.05) is 13.8 Å². The molecule has 2 atom stereocenters. The summed E-state index contributed by atoms with van der Waals surface area (Å²) in [5, 5.41) is 5.22. The van der Waals surface area contributed by atoms with E-state index in [1.54, 1.807) is 15.8 Å². The van der Waals surface area contributed by atoms with E-state index in [0.717, 1.165) is 19.4 Å². The Morgan fingerprint density at radius 1 is 1.47 bits per heavy atom. The number of halogens is 1. The maximum absolute atomic E-state index is 12.8. The standard InChI is InChI=1S/C12H19BrN2O2S2/c1-3-9-8-15(10(4-2)7-14-9)19(16,17)12-11(13)5-6-18-12/h5-6,9-10,14H,3-4,7-8H2,1-2H3. The molecule has 1 aromatic rings. The van der Waals surface area contributed by atoms with Gasteiger partial charge >= 0.3 is 0 Å². The van der Waals surface area contributed by atoms with E-state index in [0.29, 0.717) is 15.2 Å². The number of rotatable bonds is 4. The van der Waals surface area contributed by atoms with Crippen molar-refractivity contribution in [1.82, 2.24) is 9.62 Å². The first-order chi connectivity index (χ1) is 9.00. The van der Waals surface area contributed by atoms with Crippen LogP contribution in [-0.4, -0.2) is 37.9 Å². The van der Waals surface area contributed by atoms with Crippen LogP contribution < -0.4 is 5.32 Å². The second-order valence-electron chi connectivity index (χ2n) is 4.71. The number of hydrogen-bond donors (Lipinski definition) is 1. The molecular formula is C12H19BrN2O2S2. The van der Waals surface area contributed by atoms with Crippen LogP contribution in [0, 0.1) is 0 Å². The minimum atomic E-state index is -3.39. The fraction of sp³-hybridized carbons (Fsp3) is 0.667. The number of piperazine rings is 1. The molecule has 2 heterocycles. The molecule has 0 aromatic carbocycles. The zero-order chi connectivity index (χ0) is 14.0. The summed E-state index contributed by atoms with van der Waals surface area (Å²) < 4.78 is 28.3. The van der Waals surface area contributed by atoms with Gasteiger partial charge in [-0.2, -0.15) is 4.31 Å². The van der Waals surface area contributed by atoms with Crippen LogP contribution in [0.3, 0.4) is 0 Å². The van der Waals surface area contributed by atoms with Crippen molar-refractivity contribution >= 4 is 37.3 Å². The van der Waals surface area contributed by atoms with Gasteiger partial charge in [-0.25, -0.2) is 8.42 Å². The van der Waals surface area contributed by atoms with E-state index in [9.17, 15) is 8.42 Å². The Morgan fingerprint density at radius 3 is 2.74 bits per heavy atom. The monoisotopic (exact) mass is 366 g/mol. The highest BCUT2D eigenvalue weighted by atomic mass is 79.9. The van der Waals surface area contributed by atoms with Crippen LogP contribution in [-0.2, 0) is 10.0 Å². The van der Waals surface area contributed by atoms with E-state index >= 15 is 0 Å².